The molecule has 1 aromatic carbocycles. The summed E-state index contributed by atoms with van der Waals surface area (Å²) in [5.41, 5.74) is 2.62. The molecule has 1 aliphatic heterocycles. The lowest BCUT2D eigenvalue weighted by Gasteiger charge is -2.31. The molecule has 0 saturated carbocycles. The lowest BCUT2D eigenvalue weighted by atomic mass is 9.97. The third kappa shape index (κ3) is 5.29. The van der Waals surface area contributed by atoms with Crippen LogP contribution in [0.2, 0.25) is 0 Å². The Labute approximate surface area is 179 Å². The van der Waals surface area contributed by atoms with Gasteiger partial charge in [0, 0.05) is 44.5 Å². The number of hydrogen-bond donors (Lipinski definition) is 1. The molecule has 0 unspecified atom stereocenters. The minimum absolute atomic E-state index is 0.0392. The van der Waals surface area contributed by atoms with Crippen LogP contribution in [0.25, 0.3) is 0 Å². The van der Waals surface area contributed by atoms with E-state index in [9.17, 15) is 13.2 Å². The topological polar surface area (TPSA) is 84.3 Å². The molecular formula is C22H32N4O3S. The number of sulfonamides is 1. The van der Waals surface area contributed by atoms with E-state index in [1.54, 1.807) is 12.5 Å². The fourth-order valence-electron chi connectivity index (χ4n) is 4.26. The maximum absolute atomic E-state index is 13.2. The second-order valence-electron chi connectivity index (χ2n) is 8.20. The van der Waals surface area contributed by atoms with E-state index in [1.807, 2.05) is 43.7 Å². The van der Waals surface area contributed by atoms with Gasteiger partial charge in [-0.25, -0.2) is 13.4 Å². The van der Waals surface area contributed by atoms with Crippen molar-refractivity contribution >= 4 is 15.9 Å². The highest BCUT2D eigenvalue weighted by atomic mass is 32.2. The monoisotopic (exact) mass is 432 g/mol. The number of rotatable bonds is 8. The normalized spacial score (nSPS) is 16.0. The molecule has 7 nitrogen and oxygen atoms in total. The van der Waals surface area contributed by atoms with Crippen LogP contribution < -0.4 is 5.32 Å². The first-order chi connectivity index (χ1) is 14.3. The quantitative estimate of drug-likeness (QED) is 0.650. The Morgan fingerprint density at radius 1 is 1.13 bits per heavy atom. The molecule has 1 N–H and O–H groups in total. The Morgan fingerprint density at radius 2 is 1.80 bits per heavy atom. The molecule has 3 rings (SSSR count). The van der Waals surface area contributed by atoms with Crippen LogP contribution in [0.15, 0.2) is 35.7 Å². The van der Waals surface area contributed by atoms with Crippen LogP contribution >= 0.6 is 0 Å². The van der Waals surface area contributed by atoms with Gasteiger partial charge in [-0.15, -0.1) is 0 Å². The zero-order valence-electron chi connectivity index (χ0n) is 18.1. The molecule has 2 aromatic rings. The molecule has 8 heteroatoms. The van der Waals surface area contributed by atoms with Gasteiger partial charge in [0.2, 0.25) is 15.9 Å². The van der Waals surface area contributed by atoms with E-state index in [2.05, 4.69) is 10.3 Å². The molecule has 0 spiro atoms. The third-order valence-corrected chi connectivity index (χ3v) is 7.93. The van der Waals surface area contributed by atoms with Gasteiger partial charge >= 0.3 is 0 Å². The first kappa shape index (κ1) is 22.5. The smallest absolute Gasteiger partial charge is 0.243 e. The van der Waals surface area contributed by atoms with Gasteiger partial charge in [0.15, 0.2) is 0 Å². The largest absolute Gasteiger partial charge is 0.356 e. The van der Waals surface area contributed by atoms with Crippen LogP contribution in [-0.2, 0) is 21.4 Å². The van der Waals surface area contributed by atoms with Crippen molar-refractivity contribution in [3.8, 4) is 0 Å². The number of benzene rings is 1. The number of nitrogens with one attached hydrogen (secondary N) is 1. The van der Waals surface area contributed by atoms with E-state index in [1.165, 1.54) is 4.31 Å². The number of hydrogen-bond acceptors (Lipinski definition) is 4. The molecule has 1 saturated heterocycles. The summed E-state index contributed by atoms with van der Waals surface area (Å²) in [4.78, 5) is 16.9. The molecule has 0 bridgehead atoms. The first-order valence-electron chi connectivity index (χ1n) is 10.6. The number of imidazole rings is 1. The number of nitrogens with zero attached hydrogens (tertiary/aromatic N) is 3. The summed E-state index contributed by atoms with van der Waals surface area (Å²) in [6, 6.07) is 3.82. The van der Waals surface area contributed by atoms with Gasteiger partial charge in [-0.2, -0.15) is 4.31 Å². The molecule has 30 heavy (non-hydrogen) atoms. The van der Waals surface area contributed by atoms with Crippen molar-refractivity contribution in [2.75, 3.05) is 19.6 Å². The number of aromatic nitrogens is 2. The van der Waals surface area contributed by atoms with E-state index in [0.717, 1.165) is 36.1 Å². The molecule has 1 fully saturated rings. The molecule has 1 amide bonds. The van der Waals surface area contributed by atoms with Crippen LogP contribution in [0, 0.1) is 26.7 Å². The minimum atomic E-state index is -3.54. The molecular weight excluding hydrogens is 400 g/mol. The van der Waals surface area contributed by atoms with E-state index < -0.39 is 10.0 Å². The van der Waals surface area contributed by atoms with Crippen LogP contribution in [0.4, 0.5) is 0 Å². The Bertz CT molecular complexity index is 939. The number of aryl methyl sites for hydroxylation is 4. The molecule has 1 aromatic heterocycles. The van der Waals surface area contributed by atoms with Crippen molar-refractivity contribution in [1.29, 1.82) is 0 Å². The van der Waals surface area contributed by atoms with Crippen molar-refractivity contribution in [3.05, 3.63) is 47.5 Å². The molecule has 1 aliphatic rings. The third-order valence-electron chi connectivity index (χ3n) is 5.73. The summed E-state index contributed by atoms with van der Waals surface area (Å²) in [6.07, 6.45) is 8.48. The number of piperidine rings is 1. The van der Waals surface area contributed by atoms with Crippen LogP contribution in [0.5, 0.6) is 0 Å². The van der Waals surface area contributed by atoms with Gasteiger partial charge in [-0.1, -0.05) is 17.7 Å². The van der Waals surface area contributed by atoms with E-state index >= 15 is 0 Å². The highest BCUT2D eigenvalue weighted by molar-refractivity contribution is 7.89. The molecule has 0 aliphatic carbocycles. The summed E-state index contributed by atoms with van der Waals surface area (Å²) >= 11 is 0. The predicted octanol–water partition coefficient (Wildman–Crippen LogP) is 2.81. The zero-order valence-corrected chi connectivity index (χ0v) is 18.9. The van der Waals surface area contributed by atoms with Crippen molar-refractivity contribution in [1.82, 2.24) is 19.2 Å². The van der Waals surface area contributed by atoms with Crippen molar-refractivity contribution < 1.29 is 13.2 Å². The van der Waals surface area contributed by atoms with Crippen LogP contribution in [0.3, 0.4) is 0 Å². The van der Waals surface area contributed by atoms with Gasteiger partial charge < -0.3 is 9.88 Å². The maximum Gasteiger partial charge on any atom is 0.243 e. The zero-order chi connectivity index (χ0) is 21.7. The molecule has 0 atom stereocenters. The Hall–Kier alpha value is -2.19. The average molecular weight is 433 g/mol. The number of carbonyl (C=O) groups excluding carboxylic acids is 1. The molecule has 0 radical (unpaired) electrons. The summed E-state index contributed by atoms with van der Waals surface area (Å²) in [6.45, 7) is 7.97. The van der Waals surface area contributed by atoms with E-state index in [0.29, 0.717) is 37.4 Å². The van der Waals surface area contributed by atoms with Gasteiger partial charge in [-0.3, -0.25) is 4.79 Å². The number of carbonyl (C=O) groups is 1. The average Bonchev–Trinajstić information content (AvgIpc) is 3.20. The van der Waals surface area contributed by atoms with Crippen molar-refractivity contribution in [2.45, 2.75) is 57.9 Å². The second-order valence-corrected chi connectivity index (χ2v) is 10.1. The Kier molecular flexibility index (Phi) is 7.31. The summed E-state index contributed by atoms with van der Waals surface area (Å²) < 4.78 is 29.9. The predicted molar refractivity (Wildman–Crippen MR) is 117 cm³/mol. The first-order valence-corrected chi connectivity index (χ1v) is 12.0. The van der Waals surface area contributed by atoms with Gasteiger partial charge in [-0.05, 0) is 57.6 Å². The minimum Gasteiger partial charge on any atom is -0.356 e. The van der Waals surface area contributed by atoms with Crippen molar-refractivity contribution in [2.24, 2.45) is 5.92 Å². The van der Waals surface area contributed by atoms with Crippen LogP contribution in [0.1, 0.15) is 42.4 Å². The highest BCUT2D eigenvalue weighted by Gasteiger charge is 2.33. The maximum atomic E-state index is 13.2. The summed E-state index contributed by atoms with van der Waals surface area (Å²) in [5.74, 6) is -0.0808. The fourth-order valence-corrected chi connectivity index (χ4v) is 6.14. The van der Waals surface area contributed by atoms with E-state index in [-0.39, 0.29) is 11.8 Å². The standard InChI is InChI=1S/C22H32N4O3S/c1-17-14-18(2)21(19(3)15-17)30(28,29)26-11-6-20(7-12-26)22(27)24-8-4-5-10-25-13-9-23-16-25/h9,13-16,20H,4-8,10-12H2,1-3H3,(H,24,27). The summed E-state index contributed by atoms with van der Waals surface area (Å²) in [7, 11) is -3.54. The SMILES string of the molecule is Cc1cc(C)c(S(=O)(=O)N2CCC(C(=O)NCCCCn3ccnc3)CC2)c(C)c1. The summed E-state index contributed by atoms with van der Waals surface area (Å²) in [5, 5.41) is 3.01. The van der Waals surface area contributed by atoms with Gasteiger partial charge in [0.05, 0.1) is 11.2 Å². The number of unbranched alkanes of at least 4 members (excludes halogenated alkanes) is 1. The lowest BCUT2D eigenvalue weighted by molar-refractivity contribution is -0.126. The highest BCUT2D eigenvalue weighted by Crippen LogP contribution is 2.28. The lowest BCUT2D eigenvalue weighted by Crippen LogP contribution is -2.43. The van der Waals surface area contributed by atoms with E-state index in [4.69, 9.17) is 0 Å². The van der Waals surface area contributed by atoms with Gasteiger partial charge in [0.25, 0.3) is 0 Å². The second kappa shape index (κ2) is 9.75. The molecule has 164 valence electrons. The number of amides is 1. The Balaban J connectivity index is 1.47. The van der Waals surface area contributed by atoms with Crippen molar-refractivity contribution in [3.63, 3.8) is 0 Å². The van der Waals surface area contributed by atoms with Gasteiger partial charge in [0.1, 0.15) is 0 Å². The van der Waals surface area contributed by atoms with Crippen LogP contribution in [-0.4, -0.2) is 47.8 Å². The molecule has 2 heterocycles. The Morgan fingerprint density at radius 3 is 2.40 bits per heavy atom. The fraction of sp³-hybridized carbons (Fsp3) is 0.545.